The summed E-state index contributed by atoms with van der Waals surface area (Å²) < 4.78 is 44.0. The zero-order valence-electron chi connectivity index (χ0n) is 15.0. The van der Waals surface area contributed by atoms with Gasteiger partial charge in [-0.1, -0.05) is 25.1 Å². The van der Waals surface area contributed by atoms with Crippen LogP contribution in [0.2, 0.25) is 0 Å². The molecule has 2 aromatic carbocycles. The van der Waals surface area contributed by atoms with Gasteiger partial charge in [-0.3, -0.25) is 4.79 Å². The van der Waals surface area contributed by atoms with Gasteiger partial charge in [-0.25, -0.2) is 0 Å². The number of nitrogens with one attached hydrogen (secondary N) is 1. The van der Waals surface area contributed by atoms with Crippen molar-refractivity contribution in [2.75, 3.05) is 0 Å². The number of hydrogen-bond acceptors (Lipinski definition) is 2. The molecule has 0 fully saturated rings. The molecule has 0 aromatic heterocycles. The van der Waals surface area contributed by atoms with Gasteiger partial charge in [-0.2, -0.15) is 13.2 Å². The van der Waals surface area contributed by atoms with E-state index in [1.54, 1.807) is 12.1 Å². The minimum Gasteiger partial charge on any atom is -0.481 e. The fourth-order valence-electron chi connectivity index (χ4n) is 2.43. The highest BCUT2D eigenvalue weighted by Crippen LogP contribution is 2.29. The standard InChI is InChI=1S/C20H22F3NO2/c1-4-18(26-17-9-8-13(2)14(3)10-17)19(25)24-12-15-6-5-7-16(11-15)20(21,22)23/h5-11,18H,4,12H2,1-3H3,(H,24,25)/t18-/m0/s1. The number of alkyl halides is 3. The monoisotopic (exact) mass is 365 g/mol. The van der Waals surface area contributed by atoms with Crippen LogP contribution in [0.25, 0.3) is 0 Å². The van der Waals surface area contributed by atoms with Crippen molar-refractivity contribution in [1.29, 1.82) is 0 Å². The Morgan fingerprint density at radius 3 is 2.46 bits per heavy atom. The lowest BCUT2D eigenvalue weighted by Crippen LogP contribution is -2.37. The van der Waals surface area contributed by atoms with Crippen molar-refractivity contribution in [1.82, 2.24) is 5.32 Å². The summed E-state index contributed by atoms with van der Waals surface area (Å²) in [5.41, 5.74) is 1.83. The number of halogens is 3. The van der Waals surface area contributed by atoms with Gasteiger partial charge in [0.15, 0.2) is 6.10 Å². The molecule has 6 heteroatoms. The number of carbonyl (C=O) groups is 1. The fraction of sp³-hybridized carbons (Fsp3) is 0.350. The van der Waals surface area contributed by atoms with E-state index in [1.165, 1.54) is 6.07 Å². The number of amides is 1. The third-order valence-electron chi connectivity index (χ3n) is 4.14. The van der Waals surface area contributed by atoms with Crippen LogP contribution in [0.4, 0.5) is 13.2 Å². The van der Waals surface area contributed by atoms with Gasteiger partial charge in [0.2, 0.25) is 0 Å². The number of ether oxygens (including phenoxy) is 1. The molecule has 3 nitrogen and oxygen atoms in total. The summed E-state index contributed by atoms with van der Waals surface area (Å²) in [5, 5.41) is 2.64. The van der Waals surface area contributed by atoms with E-state index >= 15 is 0 Å². The Labute approximate surface area is 151 Å². The van der Waals surface area contributed by atoms with E-state index in [-0.39, 0.29) is 12.5 Å². The lowest BCUT2D eigenvalue weighted by molar-refractivity contribution is -0.137. The molecule has 2 aromatic rings. The second-order valence-corrected chi connectivity index (χ2v) is 6.18. The summed E-state index contributed by atoms with van der Waals surface area (Å²) in [6.07, 6.45) is -4.66. The number of carbonyl (C=O) groups excluding carboxylic acids is 1. The predicted molar refractivity (Wildman–Crippen MR) is 93.9 cm³/mol. The van der Waals surface area contributed by atoms with Gasteiger partial charge in [-0.05, 0) is 61.2 Å². The van der Waals surface area contributed by atoms with Crippen LogP contribution >= 0.6 is 0 Å². The summed E-state index contributed by atoms with van der Waals surface area (Å²) in [5.74, 6) is 0.234. The third kappa shape index (κ3) is 5.25. The van der Waals surface area contributed by atoms with Crippen molar-refractivity contribution >= 4 is 5.91 Å². The normalized spacial score (nSPS) is 12.5. The van der Waals surface area contributed by atoms with E-state index in [1.807, 2.05) is 32.9 Å². The highest BCUT2D eigenvalue weighted by atomic mass is 19.4. The van der Waals surface area contributed by atoms with Crippen LogP contribution in [-0.4, -0.2) is 12.0 Å². The fourth-order valence-corrected chi connectivity index (χ4v) is 2.43. The first kappa shape index (κ1) is 19.8. The third-order valence-corrected chi connectivity index (χ3v) is 4.14. The van der Waals surface area contributed by atoms with E-state index in [4.69, 9.17) is 4.74 Å². The van der Waals surface area contributed by atoms with Gasteiger partial charge in [-0.15, -0.1) is 0 Å². The molecule has 0 aliphatic carbocycles. The first-order chi connectivity index (χ1) is 12.2. The van der Waals surface area contributed by atoms with Gasteiger partial charge in [0, 0.05) is 6.54 Å². The van der Waals surface area contributed by atoms with Crippen LogP contribution in [0.15, 0.2) is 42.5 Å². The molecule has 140 valence electrons. The van der Waals surface area contributed by atoms with Crippen molar-refractivity contribution in [3.05, 3.63) is 64.7 Å². The van der Waals surface area contributed by atoms with Crippen molar-refractivity contribution in [2.24, 2.45) is 0 Å². The molecule has 0 spiro atoms. The summed E-state index contributed by atoms with van der Waals surface area (Å²) in [6, 6.07) is 10.5. The van der Waals surface area contributed by atoms with Gasteiger partial charge in [0.1, 0.15) is 5.75 Å². The first-order valence-corrected chi connectivity index (χ1v) is 8.38. The SMILES string of the molecule is CC[C@H](Oc1ccc(C)c(C)c1)C(=O)NCc1cccc(C(F)(F)F)c1. The number of benzene rings is 2. The average Bonchev–Trinajstić information content (AvgIpc) is 2.60. The second kappa shape index (κ2) is 8.25. The van der Waals surface area contributed by atoms with Crippen molar-refractivity contribution in [3.8, 4) is 5.75 Å². The van der Waals surface area contributed by atoms with E-state index in [9.17, 15) is 18.0 Å². The Kier molecular flexibility index (Phi) is 6.29. The summed E-state index contributed by atoms with van der Waals surface area (Å²) in [7, 11) is 0. The van der Waals surface area contributed by atoms with Crippen LogP contribution in [0.5, 0.6) is 5.75 Å². The van der Waals surface area contributed by atoms with Crippen LogP contribution in [0.3, 0.4) is 0 Å². The Hall–Kier alpha value is -2.50. The maximum Gasteiger partial charge on any atom is 0.416 e. The van der Waals surface area contributed by atoms with Crippen LogP contribution in [0.1, 0.15) is 35.6 Å². The molecular formula is C20H22F3NO2. The molecule has 0 radical (unpaired) electrons. The zero-order chi connectivity index (χ0) is 19.3. The lowest BCUT2D eigenvalue weighted by Gasteiger charge is -2.18. The molecule has 0 unspecified atom stereocenters. The smallest absolute Gasteiger partial charge is 0.416 e. The molecule has 0 heterocycles. The molecule has 0 aliphatic rings. The first-order valence-electron chi connectivity index (χ1n) is 8.38. The number of rotatable bonds is 6. The average molecular weight is 365 g/mol. The van der Waals surface area contributed by atoms with E-state index in [2.05, 4.69) is 5.32 Å². The highest BCUT2D eigenvalue weighted by molar-refractivity contribution is 5.81. The second-order valence-electron chi connectivity index (χ2n) is 6.18. The highest BCUT2D eigenvalue weighted by Gasteiger charge is 2.30. The van der Waals surface area contributed by atoms with E-state index < -0.39 is 17.8 Å². The Morgan fingerprint density at radius 1 is 1.12 bits per heavy atom. The topological polar surface area (TPSA) is 38.3 Å². The van der Waals surface area contributed by atoms with E-state index in [0.29, 0.717) is 17.7 Å². The van der Waals surface area contributed by atoms with Crippen molar-refractivity contribution in [3.63, 3.8) is 0 Å². The van der Waals surface area contributed by atoms with Crippen LogP contribution in [0, 0.1) is 13.8 Å². The molecule has 0 bridgehead atoms. The van der Waals surface area contributed by atoms with E-state index in [0.717, 1.165) is 23.3 Å². The largest absolute Gasteiger partial charge is 0.481 e. The quantitative estimate of drug-likeness (QED) is 0.799. The van der Waals surface area contributed by atoms with Crippen LogP contribution < -0.4 is 10.1 Å². The maximum atomic E-state index is 12.7. The van der Waals surface area contributed by atoms with Crippen LogP contribution in [-0.2, 0) is 17.5 Å². The molecule has 0 saturated carbocycles. The lowest BCUT2D eigenvalue weighted by atomic mass is 10.1. The van der Waals surface area contributed by atoms with Gasteiger partial charge in [0.25, 0.3) is 5.91 Å². The summed E-state index contributed by atoms with van der Waals surface area (Å²) in [6.45, 7) is 5.76. The summed E-state index contributed by atoms with van der Waals surface area (Å²) >= 11 is 0. The molecule has 1 amide bonds. The Morgan fingerprint density at radius 2 is 1.85 bits per heavy atom. The summed E-state index contributed by atoms with van der Waals surface area (Å²) in [4.78, 5) is 12.3. The molecule has 1 atom stereocenters. The van der Waals surface area contributed by atoms with Crippen molar-refractivity contribution < 1.29 is 22.7 Å². The maximum absolute atomic E-state index is 12.7. The van der Waals surface area contributed by atoms with Crippen molar-refractivity contribution in [2.45, 2.75) is 46.0 Å². The van der Waals surface area contributed by atoms with Gasteiger partial charge < -0.3 is 10.1 Å². The Balaban J connectivity index is 2.00. The minimum absolute atomic E-state index is 0.00946. The molecule has 0 saturated heterocycles. The predicted octanol–water partition coefficient (Wildman–Crippen LogP) is 4.80. The zero-order valence-corrected chi connectivity index (χ0v) is 15.0. The molecule has 1 N–H and O–H groups in total. The van der Waals surface area contributed by atoms with Gasteiger partial charge >= 0.3 is 6.18 Å². The Bertz CT molecular complexity index is 772. The molecule has 0 aliphatic heterocycles. The number of aryl methyl sites for hydroxylation is 2. The molecule has 26 heavy (non-hydrogen) atoms. The minimum atomic E-state index is -4.40. The molecular weight excluding hydrogens is 343 g/mol. The molecule has 2 rings (SSSR count). The number of hydrogen-bond donors (Lipinski definition) is 1. The van der Waals surface area contributed by atoms with Gasteiger partial charge in [0.05, 0.1) is 5.56 Å².